The molecule has 5 heteroatoms. The fourth-order valence-electron chi connectivity index (χ4n) is 3.66. The highest BCUT2D eigenvalue weighted by molar-refractivity contribution is 6.32. The van der Waals surface area contributed by atoms with Gasteiger partial charge >= 0.3 is 5.97 Å². The first-order chi connectivity index (χ1) is 13.0. The molecule has 1 heterocycles. The van der Waals surface area contributed by atoms with E-state index in [-0.39, 0.29) is 11.9 Å². The van der Waals surface area contributed by atoms with E-state index in [4.69, 9.17) is 21.1 Å². The Morgan fingerprint density at radius 1 is 1.22 bits per heavy atom. The lowest BCUT2D eigenvalue weighted by atomic mass is 9.92. The SMILES string of the molecule is COC(=O)C1Cc2ccccc2N(CCCOc2cc(C)c(Cl)c(C)c2)C1. The van der Waals surface area contributed by atoms with Crippen LogP contribution in [0.25, 0.3) is 0 Å². The molecule has 2 aromatic rings. The number of aryl methyl sites for hydroxylation is 2. The number of benzene rings is 2. The monoisotopic (exact) mass is 387 g/mol. The number of halogens is 1. The summed E-state index contributed by atoms with van der Waals surface area (Å²) in [5, 5.41) is 0.793. The summed E-state index contributed by atoms with van der Waals surface area (Å²) in [6.45, 7) is 6.10. The van der Waals surface area contributed by atoms with Crippen LogP contribution in [-0.2, 0) is 16.0 Å². The number of ether oxygens (including phenoxy) is 2. The Hall–Kier alpha value is -2.20. The van der Waals surface area contributed by atoms with Crippen LogP contribution in [0.4, 0.5) is 5.69 Å². The molecule has 0 saturated heterocycles. The molecular weight excluding hydrogens is 362 g/mol. The molecule has 0 aromatic heterocycles. The van der Waals surface area contributed by atoms with Crippen LogP contribution in [0.3, 0.4) is 0 Å². The number of rotatable bonds is 6. The fraction of sp³-hybridized carbons (Fsp3) is 0.409. The molecule has 0 spiro atoms. The van der Waals surface area contributed by atoms with Crippen LogP contribution < -0.4 is 9.64 Å². The van der Waals surface area contributed by atoms with E-state index in [1.165, 1.54) is 18.4 Å². The maximum absolute atomic E-state index is 12.0. The van der Waals surface area contributed by atoms with E-state index in [0.29, 0.717) is 13.2 Å². The topological polar surface area (TPSA) is 38.8 Å². The summed E-state index contributed by atoms with van der Waals surface area (Å²) in [7, 11) is 1.46. The molecular formula is C22H26ClNO3. The molecule has 0 N–H and O–H groups in total. The number of carbonyl (C=O) groups is 1. The van der Waals surface area contributed by atoms with Gasteiger partial charge in [0.25, 0.3) is 0 Å². The van der Waals surface area contributed by atoms with Crippen molar-refractivity contribution in [3.05, 3.63) is 58.1 Å². The summed E-state index contributed by atoms with van der Waals surface area (Å²) in [6, 6.07) is 12.2. The zero-order valence-electron chi connectivity index (χ0n) is 16.1. The van der Waals surface area contributed by atoms with Gasteiger partial charge in [0, 0.05) is 23.8 Å². The standard InChI is InChI=1S/C22H26ClNO3/c1-15-11-19(12-16(2)21(15)23)27-10-6-9-24-14-18(22(25)26-3)13-17-7-4-5-8-20(17)24/h4-5,7-8,11-12,18H,6,9-10,13-14H2,1-3H3. The number of anilines is 1. The molecule has 1 atom stereocenters. The second kappa shape index (κ2) is 8.66. The van der Waals surface area contributed by atoms with Gasteiger partial charge in [0.2, 0.25) is 0 Å². The minimum Gasteiger partial charge on any atom is -0.494 e. The third kappa shape index (κ3) is 4.56. The zero-order valence-corrected chi connectivity index (χ0v) is 16.9. The molecule has 1 unspecified atom stereocenters. The van der Waals surface area contributed by atoms with Gasteiger partial charge in [-0.25, -0.2) is 0 Å². The quantitative estimate of drug-likeness (QED) is 0.537. The van der Waals surface area contributed by atoms with Crippen LogP contribution in [-0.4, -0.2) is 32.8 Å². The predicted molar refractivity (Wildman–Crippen MR) is 109 cm³/mol. The molecule has 0 radical (unpaired) electrons. The largest absolute Gasteiger partial charge is 0.494 e. The van der Waals surface area contributed by atoms with Gasteiger partial charge in [-0.05, 0) is 61.6 Å². The summed E-state index contributed by atoms with van der Waals surface area (Å²) in [6.07, 6.45) is 1.60. The molecule has 27 heavy (non-hydrogen) atoms. The predicted octanol–water partition coefficient (Wildman–Crippen LogP) is 4.58. The minimum absolute atomic E-state index is 0.118. The van der Waals surface area contributed by atoms with E-state index in [1.807, 2.05) is 38.1 Å². The van der Waals surface area contributed by atoms with Gasteiger partial charge in [-0.3, -0.25) is 4.79 Å². The molecule has 0 aliphatic carbocycles. The van der Waals surface area contributed by atoms with Crippen molar-refractivity contribution in [2.75, 3.05) is 31.7 Å². The fourth-order valence-corrected chi connectivity index (χ4v) is 3.77. The van der Waals surface area contributed by atoms with Gasteiger partial charge in [0.05, 0.1) is 19.6 Å². The second-order valence-electron chi connectivity index (χ2n) is 7.07. The highest BCUT2D eigenvalue weighted by atomic mass is 35.5. The maximum atomic E-state index is 12.0. The van der Waals surface area contributed by atoms with Crippen molar-refractivity contribution in [3.63, 3.8) is 0 Å². The Morgan fingerprint density at radius 2 is 1.93 bits per heavy atom. The summed E-state index contributed by atoms with van der Waals surface area (Å²) < 4.78 is 10.9. The van der Waals surface area contributed by atoms with Crippen molar-refractivity contribution in [1.82, 2.24) is 0 Å². The lowest BCUT2D eigenvalue weighted by Crippen LogP contribution is -2.40. The highest BCUT2D eigenvalue weighted by Crippen LogP contribution is 2.30. The van der Waals surface area contributed by atoms with Gasteiger partial charge < -0.3 is 14.4 Å². The molecule has 144 valence electrons. The van der Waals surface area contributed by atoms with Crippen LogP contribution in [0, 0.1) is 19.8 Å². The summed E-state index contributed by atoms with van der Waals surface area (Å²) in [4.78, 5) is 14.3. The number of nitrogens with zero attached hydrogens (tertiary/aromatic N) is 1. The minimum atomic E-state index is -0.141. The van der Waals surface area contributed by atoms with E-state index < -0.39 is 0 Å². The van der Waals surface area contributed by atoms with Crippen LogP contribution in [0.15, 0.2) is 36.4 Å². The first-order valence-electron chi connectivity index (χ1n) is 9.30. The van der Waals surface area contributed by atoms with Crippen LogP contribution in [0.1, 0.15) is 23.1 Å². The van der Waals surface area contributed by atoms with Crippen molar-refractivity contribution in [2.24, 2.45) is 5.92 Å². The molecule has 0 amide bonds. The Labute approximate surface area is 166 Å². The van der Waals surface area contributed by atoms with Gasteiger partial charge in [-0.1, -0.05) is 29.8 Å². The Morgan fingerprint density at radius 3 is 2.63 bits per heavy atom. The van der Waals surface area contributed by atoms with Gasteiger partial charge in [0.15, 0.2) is 0 Å². The maximum Gasteiger partial charge on any atom is 0.310 e. The van der Waals surface area contributed by atoms with E-state index in [9.17, 15) is 4.79 Å². The zero-order chi connectivity index (χ0) is 19.4. The van der Waals surface area contributed by atoms with Crippen molar-refractivity contribution in [3.8, 4) is 5.75 Å². The first-order valence-corrected chi connectivity index (χ1v) is 9.67. The van der Waals surface area contributed by atoms with Crippen LogP contribution in [0.2, 0.25) is 5.02 Å². The highest BCUT2D eigenvalue weighted by Gasteiger charge is 2.29. The summed E-state index contributed by atoms with van der Waals surface area (Å²) in [5.41, 5.74) is 4.45. The number of fused-ring (bicyclic) bond motifs is 1. The van der Waals surface area contributed by atoms with Gasteiger partial charge in [-0.15, -0.1) is 0 Å². The van der Waals surface area contributed by atoms with Crippen LogP contribution >= 0.6 is 11.6 Å². The number of para-hydroxylation sites is 1. The molecule has 0 saturated carbocycles. The second-order valence-corrected chi connectivity index (χ2v) is 7.45. The van der Waals surface area contributed by atoms with E-state index >= 15 is 0 Å². The number of hydrogen-bond donors (Lipinski definition) is 0. The number of methoxy groups -OCH3 is 1. The van der Waals surface area contributed by atoms with Crippen molar-refractivity contribution in [2.45, 2.75) is 26.7 Å². The number of hydrogen-bond acceptors (Lipinski definition) is 4. The van der Waals surface area contributed by atoms with Crippen molar-refractivity contribution >= 4 is 23.3 Å². The average molecular weight is 388 g/mol. The lowest BCUT2D eigenvalue weighted by molar-refractivity contribution is -0.145. The summed E-state index contributed by atoms with van der Waals surface area (Å²) >= 11 is 6.21. The van der Waals surface area contributed by atoms with Crippen molar-refractivity contribution < 1.29 is 14.3 Å². The van der Waals surface area contributed by atoms with E-state index in [1.54, 1.807) is 0 Å². The molecule has 3 rings (SSSR count). The lowest BCUT2D eigenvalue weighted by Gasteiger charge is -2.35. The van der Waals surface area contributed by atoms with Gasteiger partial charge in [0.1, 0.15) is 5.75 Å². The third-order valence-corrected chi connectivity index (χ3v) is 5.62. The van der Waals surface area contributed by atoms with Crippen molar-refractivity contribution in [1.29, 1.82) is 0 Å². The van der Waals surface area contributed by atoms with Crippen LogP contribution in [0.5, 0.6) is 5.75 Å². The summed E-state index contributed by atoms with van der Waals surface area (Å²) in [5.74, 6) is 0.589. The van der Waals surface area contributed by atoms with Gasteiger partial charge in [-0.2, -0.15) is 0 Å². The number of carbonyl (C=O) groups excluding carboxylic acids is 1. The molecule has 2 aromatic carbocycles. The Kier molecular flexibility index (Phi) is 6.27. The molecule has 0 bridgehead atoms. The normalized spacial score (nSPS) is 16.0. The molecule has 4 nitrogen and oxygen atoms in total. The number of esters is 1. The van der Waals surface area contributed by atoms with E-state index in [2.05, 4.69) is 17.0 Å². The molecule has 1 aliphatic heterocycles. The Balaban J connectivity index is 1.60. The Bertz CT molecular complexity index is 798. The molecule has 0 fully saturated rings. The first kappa shape index (κ1) is 19.6. The molecule has 1 aliphatic rings. The smallest absolute Gasteiger partial charge is 0.310 e. The van der Waals surface area contributed by atoms with E-state index in [0.717, 1.165) is 41.3 Å². The average Bonchev–Trinajstić information content (AvgIpc) is 2.68. The third-order valence-electron chi connectivity index (χ3n) is 5.02.